The van der Waals surface area contributed by atoms with E-state index in [0.717, 1.165) is 33.1 Å². The number of aromatic amines is 1. The lowest BCUT2D eigenvalue weighted by Crippen LogP contribution is -2.61. The summed E-state index contributed by atoms with van der Waals surface area (Å²) in [5.74, 6) is -0.741. The van der Waals surface area contributed by atoms with Gasteiger partial charge in [0.05, 0.1) is 33.5 Å². The number of thioether (sulfide) groups is 1. The van der Waals surface area contributed by atoms with E-state index in [4.69, 9.17) is 9.84 Å². The van der Waals surface area contributed by atoms with Crippen LogP contribution in [-0.2, 0) is 0 Å². The highest BCUT2D eigenvalue weighted by Gasteiger charge is 2.58. The number of hydrogen-bond acceptors (Lipinski definition) is 8. The molecule has 3 aliphatic heterocycles. The summed E-state index contributed by atoms with van der Waals surface area (Å²) in [6.45, 7) is 0. The first kappa shape index (κ1) is 24.6. The summed E-state index contributed by atoms with van der Waals surface area (Å²) in [4.78, 5) is 24.5. The van der Waals surface area contributed by atoms with Gasteiger partial charge in [-0.25, -0.2) is 5.01 Å². The molecule has 198 valence electrons. The molecule has 40 heavy (non-hydrogen) atoms. The quantitative estimate of drug-likeness (QED) is 0.200. The maximum Gasteiger partial charge on any atom is 0.314 e. The van der Waals surface area contributed by atoms with Gasteiger partial charge in [-0.3, -0.25) is 25.3 Å². The fourth-order valence-electron chi connectivity index (χ4n) is 5.25. The summed E-state index contributed by atoms with van der Waals surface area (Å²) in [6, 6.07) is 21.9. The van der Waals surface area contributed by atoms with E-state index in [1.165, 1.54) is 12.1 Å². The van der Waals surface area contributed by atoms with E-state index in [2.05, 4.69) is 31.4 Å². The molecule has 1 fully saturated rings. The first-order valence-corrected chi connectivity index (χ1v) is 13.9. The number of nitro groups is 1. The Morgan fingerprint density at radius 2 is 1.95 bits per heavy atom. The molecule has 12 heteroatoms. The van der Waals surface area contributed by atoms with E-state index < -0.39 is 10.8 Å². The third-order valence-electron chi connectivity index (χ3n) is 7.04. The molecule has 0 saturated carbocycles. The van der Waals surface area contributed by atoms with Gasteiger partial charge in [0.25, 0.3) is 10.9 Å². The van der Waals surface area contributed by atoms with Crippen molar-refractivity contribution in [2.75, 3.05) is 0 Å². The second kappa shape index (κ2) is 9.35. The molecule has 0 radical (unpaired) electrons. The van der Waals surface area contributed by atoms with Gasteiger partial charge < -0.3 is 4.74 Å². The molecule has 10 nitrogen and oxygen atoms in total. The summed E-state index contributed by atoms with van der Waals surface area (Å²) < 4.78 is 7.53. The second-order valence-corrected chi connectivity index (χ2v) is 11.4. The molecular formula is C28H19BrN6O4S. The van der Waals surface area contributed by atoms with E-state index in [0.29, 0.717) is 33.9 Å². The topological polar surface area (TPSA) is 126 Å². The van der Waals surface area contributed by atoms with E-state index in [1.54, 1.807) is 18.3 Å². The highest BCUT2D eigenvalue weighted by Crippen LogP contribution is 2.53. The van der Waals surface area contributed by atoms with Gasteiger partial charge in [-0.1, -0.05) is 58.4 Å². The Bertz CT molecular complexity index is 1760. The third-order valence-corrected chi connectivity index (χ3v) is 8.43. The number of benzene rings is 3. The number of rotatable bonds is 4. The van der Waals surface area contributed by atoms with Crippen LogP contribution in [0, 0.1) is 10.1 Å². The van der Waals surface area contributed by atoms with Crippen LogP contribution in [0.25, 0.3) is 17.3 Å². The Kier molecular flexibility index (Phi) is 5.75. The number of halogens is 1. The monoisotopic (exact) mass is 614 g/mol. The van der Waals surface area contributed by atoms with Crippen LogP contribution in [-0.4, -0.2) is 36.9 Å². The van der Waals surface area contributed by atoms with Crippen LogP contribution in [0.3, 0.4) is 0 Å². The minimum absolute atomic E-state index is 0.0321. The van der Waals surface area contributed by atoms with Gasteiger partial charge >= 0.3 is 5.85 Å². The maximum atomic E-state index is 13.0. The standard InChI is InChI=1S/C28H19BrN6O4S/c29-19-9-10-24-21(13-19)23-14-22(16-5-2-1-3-6-16)33-34(23)28(39-24)25(40-27(36)31-28)12-18-15-30-32-26(18)17-7-4-8-20(11-17)35(37)38/h1-13,15,23H,14H2,(H,30,32)(H,31,36)/b25-12-. The van der Waals surface area contributed by atoms with Crippen LogP contribution in [0.4, 0.5) is 10.5 Å². The van der Waals surface area contributed by atoms with Crippen LogP contribution >= 0.6 is 27.7 Å². The van der Waals surface area contributed by atoms with Crippen molar-refractivity contribution in [1.29, 1.82) is 0 Å². The summed E-state index contributed by atoms with van der Waals surface area (Å²) >= 11 is 4.60. The normalized spacial score (nSPS) is 22.1. The van der Waals surface area contributed by atoms with Crippen LogP contribution in [0.15, 0.2) is 93.5 Å². The number of nitro benzene ring substituents is 1. The molecule has 1 aromatic heterocycles. The highest BCUT2D eigenvalue weighted by molar-refractivity contribution is 9.10. The number of carbonyl (C=O) groups is 1. The zero-order valence-electron chi connectivity index (χ0n) is 20.6. The van der Waals surface area contributed by atoms with Crippen molar-refractivity contribution >= 4 is 50.4 Å². The number of aromatic nitrogens is 2. The highest BCUT2D eigenvalue weighted by atomic mass is 79.9. The van der Waals surface area contributed by atoms with Gasteiger partial charge in [0, 0.05) is 39.7 Å². The molecule has 2 atom stereocenters. The van der Waals surface area contributed by atoms with E-state index in [-0.39, 0.29) is 17.0 Å². The zero-order valence-corrected chi connectivity index (χ0v) is 23.0. The first-order valence-electron chi connectivity index (χ1n) is 12.3. The number of hydrazone groups is 1. The number of fused-ring (bicyclic) bond motifs is 4. The Labute approximate surface area is 240 Å². The molecule has 4 heterocycles. The lowest BCUT2D eigenvalue weighted by Gasteiger charge is -2.45. The number of hydrogen-bond donors (Lipinski definition) is 2. The summed E-state index contributed by atoms with van der Waals surface area (Å²) in [5.41, 5.74) is 4.63. The molecular weight excluding hydrogens is 596 g/mol. The molecule has 2 unspecified atom stereocenters. The van der Waals surface area contributed by atoms with Gasteiger partial charge in [-0.15, -0.1) is 0 Å². The molecule has 7 rings (SSSR count). The van der Waals surface area contributed by atoms with Crippen molar-refractivity contribution in [2.24, 2.45) is 5.10 Å². The predicted octanol–water partition coefficient (Wildman–Crippen LogP) is 6.44. The number of carbonyl (C=O) groups excluding carboxylic acids is 1. The molecule has 2 N–H and O–H groups in total. The number of nitrogens with zero attached hydrogens (tertiary/aromatic N) is 4. The average molecular weight is 615 g/mol. The first-order chi connectivity index (χ1) is 19.4. The number of amides is 1. The summed E-state index contributed by atoms with van der Waals surface area (Å²) in [7, 11) is 0. The Balaban J connectivity index is 1.37. The van der Waals surface area contributed by atoms with Gasteiger partial charge in [0.1, 0.15) is 5.75 Å². The summed E-state index contributed by atoms with van der Waals surface area (Å²) in [6.07, 6.45) is 4.06. The van der Waals surface area contributed by atoms with Gasteiger partial charge in [0.15, 0.2) is 0 Å². The molecule has 4 aromatic rings. The fraction of sp³-hybridized carbons (Fsp3) is 0.107. The number of nitrogens with one attached hydrogen (secondary N) is 2. The second-order valence-electron chi connectivity index (χ2n) is 9.44. The van der Waals surface area contributed by atoms with Crippen molar-refractivity contribution in [2.45, 2.75) is 18.3 Å². The molecule has 3 aliphatic rings. The van der Waals surface area contributed by atoms with Crippen LogP contribution in [0.1, 0.15) is 29.2 Å². The fourth-order valence-corrected chi connectivity index (χ4v) is 6.52. The molecule has 1 saturated heterocycles. The van der Waals surface area contributed by atoms with Crippen molar-refractivity contribution in [3.63, 3.8) is 0 Å². The Morgan fingerprint density at radius 3 is 2.77 bits per heavy atom. The largest absolute Gasteiger partial charge is 0.444 e. The lowest BCUT2D eigenvalue weighted by molar-refractivity contribution is -0.384. The summed E-state index contributed by atoms with van der Waals surface area (Å²) in [5, 5.41) is 28.1. The smallest absolute Gasteiger partial charge is 0.314 e. The number of non-ortho nitro benzene ring substituents is 1. The van der Waals surface area contributed by atoms with Gasteiger partial charge in [-0.2, -0.15) is 10.2 Å². The molecule has 3 aromatic carbocycles. The molecule has 0 bridgehead atoms. The maximum absolute atomic E-state index is 13.0. The van der Waals surface area contributed by atoms with Gasteiger partial charge in [0.2, 0.25) is 0 Å². The third kappa shape index (κ3) is 3.98. The zero-order chi connectivity index (χ0) is 27.4. The van der Waals surface area contributed by atoms with Crippen molar-refractivity contribution in [1.82, 2.24) is 20.5 Å². The number of ether oxygens (including phenoxy) is 1. The van der Waals surface area contributed by atoms with E-state index >= 15 is 0 Å². The minimum Gasteiger partial charge on any atom is -0.444 e. The average Bonchev–Trinajstić information content (AvgIpc) is 3.68. The molecule has 0 aliphatic carbocycles. The molecule has 1 spiro atoms. The van der Waals surface area contributed by atoms with Crippen molar-refractivity contribution < 1.29 is 14.5 Å². The minimum atomic E-state index is -1.39. The van der Waals surface area contributed by atoms with Crippen LogP contribution in [0.5, 0.6) is 5.75 Å². The Morgan fingerprint density at radius 1 is 1.12 bits per heavy atom. The van der Waals surface area contributed by atoms with Crippen LogP contribution in [0.2, 0.25) is 0 Å². The Hall–Kier alpha value is -4.42. The SMILES string of the molecule is O=C1NC2(Oc3ccc(Br)cc3C3CC(c4ccccc4)=NN32)/C(=C/c2cn[nH]c2-c2cccc([N+](=O)[O-])c2)S1. The lowest BCUT2D eigenvalue weighted by atomic mass is 9.95. The van der Waals surface area contributed by atoms with Crippen molar-refractivity contribution in [3.8, 4) is 17.0 Å². The molecule has 1 amide bonds. The van der Waals surface area contributed by atoms with E-state index in [1.807, 2.05) is 59.6 Å². The van der Waals surface area contributed by atoms with Gasteiger partial charge in [-0.05, 0) is 41.6 Å². The van der Waals surface area contributed by atoms with Crippen molar-refractivity contribution in [3.05, 3.63) is 115 Å². The van der Waals surface area contributed by atoms with Crippen LogP contribution < -0.4 is 10.1 Å². The van der Waals surface area contributed by atoms with E-state index in [9.17, 15) is 14.9 Å². The predicted molar refractivity (Wildman–Crippen MR) is 154 cm³/mol. The number of H-pyrrole nitrogens is 1.